The second kappa shape index (κ2) is 6.39. The lowest BCUT2D eigenvalue weighted by Crippen LogP contribution is -2.24. The summed E-state index contributed by atoms with van der Waals surface area (Å²) in [6.45, 7) is 3.49. The van der Waals surface area contributed by atoms with Crippen molar-refractivity contribution < 1.29 is 14.7 Å². The summed E-state index contributed by atoms with van der Waals surface area (Å²) in [5.74, 6) is -1.14. The number of carboxylic acids is 1. The third kappa shape index (κ3) is 5.61. The average Bonchev–Trinajstić information content (AvgIpc) is 2.20. The van der Waals surface area contributed by atoms with Crippen molar-refractivity contribution in [1.82, 2.24) is 0 Å². The summed E-state index contributed by atoms with van der Waals surface area (Å²) >= 11 is 9.18. The molecule has 0 aliphatic carbocycles. The summed E-state index contributed by atoms with van der Waals surface area (Å²) in [5, 5.41) is 12.0. The largest absolute Gasteiger partial charge is 0.481 e. The van der Waals surface area contributed by atoms with Crippen molar-refractivity contribution in [2.75, 3.05) is 5.32 Å². The number of rotatable bonds is 5. The second-order valence-corrected chi connectivity index (χ2v) is 6.35. The summed E-state index contributed by atoms with van der Waals surface area (Å²) < 4.78 is 0.748. The SMILES string of the molecule is CC(C)(CC(=O)O)CC(=O)Nc1ccc(Br)c(Cl)c1. The molecule has 2 N–H and O–H groups in total. The van der Waals surface area contributed by atoms with Crippen LogP contribution >= 0.6 is 27.5 Å². The van der Waals surface area contributed by atoms with Gasteiger partial charge < -0.3 is 10.4 Å². The van der Waals surface area contributed by atoms with Gasteiger partial charge in [-0.05, 0) is 39.5 Å². The fraction of sp³-hybridized carbons (Fsp3) is 0.385. The molecule has 104 valence electrons. The number of halogens is 2. The van der Waals surface area contributed by atoms with E-state index in [-0.39, 0.29) is 18.7 Å². The van der Waals surface area contributed by atoms with E-state index in [9.17, 15) is 9.59 Å². The first-order chi connectivity index (χ1) is 8.69. The molecule has 1 aromatic rings. The zero-order valence-corrected chi connectivity index (χ0v) is 13.0. The van der Waals surface area contributed by atoms with E-state index in [0.717, 1.165) is 4.47 Å². The lowest BCUT2D eigenvalue weighted by molar-refractivity contribution is -0.139. The Balaban J connectivity index is 2.64. The number of amides is 1. The Labute approximate surface area is 125 Å². The smallest absolute Gasteiger partial charge is 0.303 e. The maximum Gasteiger partial charge on any atom is 0.303 e. The van der Waals surface area contributed by atoms with E-state index in [1.165, 1.54) is 0 Å². The van der Waals surface area contributed by atoms with Crippen LogP contribution in [0.1, 0.15) is 26.7 Å². The number of aliphatic carboxylic acids is 1. The van der Waals surface area contributed by atoms with E-state index < -0.39 is 11.4 Å². The molecule has 19 heavy (non-hydrogen) atoms. The standard InChI is InChI=1S/C13H15BrClNO3/c1-13(2,7-12(18)19)6-11(17)16-8-3-4-9(14)10(15)5-8/h3-5H,6-7H2,1-2H3,(H,16,17)(H,18,19). The van der Waals surface area contributed by atoms with E-state index in [4.69, 9.17) is 16.7 Å². The van der Waals surface area contributed by atoms with Gasteiger partial charge in [-0.1, -0.05) is 25.4 Å². The molecule has 0 bridgehead atoms. The summed E-state index contributed by atoms with van der Waals surface area (Å²) in [7, 11) is 0. The predicted octanol–water partition coefficient (Wildman–Crippen LogP) is 3.93. The minimum atomic E-state index is -0.913. The van der Waals surface area contributed by atoms with Gasteiger partial charge in [-0.15, -0.1) is 0 Å². The van der Waals surface area contributed by atoms with Crippen LogP contribution < -0.4 is 5.32 Å². The maximum absolute atomic E-state index is 11.8. The first kappa shape index (κ1) is 16.0. The lowest BCUT2D eigenvalue weighted by Gasteiger charge is -2.21. The highest BCUT2D eigenvalue weighted by atomic mass is 79.9. The van der Waals surface area contributed by atoms with Crippen LogP contribution in [0.15, 0.2) is 22.7 Å². The highest BCUT2D eigenvalue weighted by molar-refractivity contribution is 9.10. The van der Waals surface area contributed by atoms with Gasteiger partial charge in [-0.25, -0.2) is 0 Å². The molecule has 4 nitrogen and oxygen atoms in total. The Morgan fingerprint density at radius 3 is 2.53 bits per heavy atom. The van der Waals surface area contributed by atoms with E-state index in [1.54, 1.807) is 32.0 Å². The van der Waals surface area contributed by atoms with Crippen LogP contribution in [0.3, 0.4) is 0 Å². The van der Waals surface area contributed by atoms with Crippen molar-refractivity contribution in [3.63, 3.8) is 0 Å². The highest BCUT2D eigenvalue weighted by Crippen LogP contribution is 2.28. The summed E-state index contributed by atoms with van der Waals surface area (Å²) in [6.07, 6.45) is 0.0779. The molecule has 0 aliphatic rings. The molecule has 1 amide bonds. The zero-order valence-electron chi connectivity index (χ0n) is 10.7. The monoisotopic (exact) mass is 347 g/mol. The Bertz CT molecular complexity index is 503. The molecule has 0 unspecified atom stereocenters. The quantitative estimate of drug-likeness (QED) is 0.847. The van der Waals surface area contributed by atoms with E-state index in [0.29, 0.717) is 10.7 Å². The Hall–Kier alpha value is -1.07. The first-order valence-electron chi connectivity index (χ1n) is 5.66. The van der Waals surface area contributed by atoms with Crippen LogP contribution in [0, 0.1) is 5.41 Å². The number of benzene rings is 1. The van der Waals surface area contributed by atoms with Gasteiger partial charge in [0.1, 0.15) is 0 Å². The number of nitrogens with one attached hydrogen (secondary N) is 1. The van der Waals surface area contributed by atoms with Gasteiger partial charge in [0.15, 0.2) is 0 Å². The molecule has 6 heteroatoms. The van der Waals surface area contributed by atoms with Crippen molar-refractivity contribution in [1.29, 1.82) is 0 Å². The van der Waals surface area contributed by atoms with Gasteiger partial charge in [0.05, 0.1) is 11.4 Å². The Kier molecular flexibility index (Phi) is 5.38. The Morgan fingerprint density at radius 2 is 2.00 bits per heavy atom. The number of carbonyl (C=O) groups excluding carboxylic acids is 1. The van der Waals surface area contributed by atoms with Crippen LogP contribution in [0.4, 0.5) is 5.69 Å². The van der Waals surface area contributed by atoms with Crippen molar-refractivity contribution in [2.24, 2.45) is 5.41 Å². The fourth-order valence-electron chi connectivity index (χ4n) is 1.69. The maximum atomic E-state index is 11.8. The first-order valence-corrected chi connectivity index (χ1v) is 6.83. The highest BCUT2D eigenvalue weighted by Gasteiger charge is 2.25. The molecule has 1 rings (SSSR count). The van der Waals surface area contributed by atoms with Crippen molar-refractivity contribution in [3.8, 4) is 0 Å². The number of hydrogen-bond acceptors (Lipinski definition) is 2. The second-order valence-electron chi connectivity index (χ2n) is 5.09. The van der Waals surface area contributed by atoms with Gasteiger partial charge in [0.25, 0.3) is 0 Å². The molecule has 0 heterocycles. The van der Waals surface area contributed by atoms with E-state index >= 15 is 0 Å². The van der Waals surface area contributed by atoms with Crippen LogP contribution in [-0.4, -0.2) is 17.0 Å². The minimum Gasteiger partial charge on any atom is -0.481 e. The van der Waals surface area contributed by atoms with E-state index in [2.05, 4.69) is 21.2 Å². The average molecular weight is 349 g/mol. The third-order valence-electron chi connectivity index (χ3n) is 2.47. The molecular formula is C13H15BrClNO3. The molecular weight excluding hydrogens is 334 g/mol. The lowest BCUT2D eigenvalue weighted by atomic mass is 9.85. The molecule has 0 spiro atoms. The summed E-state index contributed by atoms with van der Waals surface area (Å²) in [4.78, 5) is 22.5. The molecule has 0 atom stereocenters. The third-order valence-corrected chi connectivity index (χ3v) is 3.70. The number of hydrogen-bond donors (Lipinski definition) is 2. The van der Waals surface area contributed by atoms with Gasteiger partial charge in [-0.2, -0.15) is 0 Å². The molecule has 0 aromatic heterocycles. The zero-order chi connectivity index (χ0) is 14.6. The van der Waals surface area contributed by atoms with E-state index in [1.807, 2.05) is 0 Å². The number of anilines is 1. The summed E-state index contributed by atoms with van der Waals surface area (Å²) in [6, 6.07) is 5.09. The van der Waals surface area contributed by atoms with Gasteiger partial charge in [0.2, 0.25) is 5.91 Å². The fourth-order valence-corrected chi connectivity index (χ4v) is 2.11. The molecule has 0 saturated carbocycles. The molecule has 0 aliphatic heterocycles. The minimum absolute atomic E-state index is 0.0541. The topological polar surface area (TPSA) is 66.4 Å². The van der Waals surface area contributed by atoms with Crippen LogP contribution in [0.25, 0.3) is 0 Å². The van der Waals surface area contributed by atoms with Crippen LogP contribution in [0.5, 0.6) is 0 Å². The molecule has 0 saturated heterocycles. The van der Waals surface area contributed by atoms with Gasteiger partial charge >= 0.3 is 5.97 Å². The van der Waals surface area contributed by atoms with Crippen LogP contribution in [0.2, 0.25) is 5.02 Å². The van der Waals surface area contributed by atoms with Crippen molar-refractivity contribution >= 4 is 45.1 Å². The van der Waals surface area contributed by atoms with Crippen molar-refractivity contribution in [3.05, 3.63) is 27.7 Å². The van der Waals surface area contributed by atoms with Gasteiger partial charge in [-0.3, -0.25) is 9.59 Å². The number of carbonyl (C=O) groups is 2. The number of carboxylic acid groups (broad SMARTS) is 1. The molecule has 0 fully saturated rings. The molecule has 1 aromatic carbocycles. The normalized spacial score (nSPS) is 11.2. The van der Waals surface area contributed by atoms with Gasteiger partial charge in [0, 0.05) is 16.6 Å². The van der Waals surface area contributed by atoms with Crippen molar-refractivity contribution in [2.45, 2.75) is 26.7 Å². The van der Waals surface area contributed by atoms with Crippen LogP contribution in [-0.2, 0) is 9.59 Å². The molecule has 0 radical (unpaired) electrons. The summed E-state index contributed by atoms with van der Waals surface area (Å²) in [5.41, 5.74) is -0.000881. The predicted molar refractivity (Wildman–Crippen MR) is 78.4 cm³/mol. The Morgan fingerprint density at radius 1 is 1.37 bits per heavy atom.